The SMILES string of the molecule is CCCN(C(=O)N(CC(=O)O)CC(C)C)C1CCNCC1. The predicted molar refractivity (Wildman–Crippen MR) is 82.3 cm³/mol. The molecule has 0 unspecified atom stereocenters. The molecule has 1 heterocycles. The minimum Gasteiger partial charge on any atom is -0.480 e. The van der Waals surface area contributed by atoms with Gasteiger partial charge in [0.05, 0.1) is 0 Å². The number of carboxylic acid groups (broad SMARTS) is 1. The van der Waals surface area contributed by atoms with Crippen molar-refractivity contribution < 1.29 is 14.7 Å². The highest BCUT2D eigenvalue weighted by atomic mass is 16.4. The number of nitrogens with zero attached hydrogens (tertiary/aromatic N) is 2. The fourth-order valence-corrected chi connectivity index (χ4v) is 2.79. The molecule has 0 aromatic rings. The molecule has 1 saturated heterocycles. The lowest BCUT2D eigenvalue weighted by molar-refractivity contribution is -0.137. The highest BCUT2D eigenvalue weighted by Crippen LogP contribution is 2.16. The van der Waals surface area contributed by atoms with Gasteiger partial charge in [-0.05, 0) is 38.3 Å². The highest BCUT2D eigenvalue weighted by molar-refractivity contribution is 5.80. The maximum absolute atomic E-state index is 12.8. The number of rotatable bonds is 7. The number of amides is 2. The van der Waals surface area contributed by atoms with E-state index < -0.39 is 5.97 Å². The molecule has 6 heteroatoms. The highest BCUT2D eigenvalue weighted by Gasteiger charge is 2.29. The summed E-state index contributed by atoms with van der Waals surface area (Å²) >= 11 is 0. The molecule has 1 aliphatic rings. The van der Waals surface area contributed by atoms with Gasteiger partial charge in [-0.25, -0.2) is 4.79 Å². The number of urea groups is 1. The van der Waals surface area contributed by atoms with Gasteiger partial charge in [0, 0.05) is 19.1 Å². The second-order valence-corrected chi connectivity index (χ2v) is 6.13. The fraction of sp³-hybridized carbons (Fsp3) is 0.867. The van der Waals surface area contributed by atoms with E-state index in [2.05, 4.69) is 5.32 Å². The quantitative estimate of drug-likeness (QED) is 0.749. The van der Waals surface area contributed by atoms with Gasteiger partial charge >= 0.3 is 12.0 Å². The molecule has 1 aliphatic heterocycles. The van der Waals surface area contributed by atoms with Gasteiger partial charge in [-0.1, -0.05) is 20.8 Å². The number of carbonyl (C=O) groups is 2. The second kappa shape index (κ2) is 8.87. The Kier molecular flexibility index (Phi) is 7.50. The molecule has 0 saturated carbocycles. The number of hydrogen-bond acceptors (Lipinski definition) is 3. The smallest absolute Gasteiger partial charge is 0.323 e. The van der Waals surface area contributed by atoms with Gasteiger partial charge in [-0.15, -0.1) is 0 Å². The average molecular weight is 299 g/mol. The molecule has 21 heavy (non-hydrogen) atoms. The van der Waals surface area contributed by atoms with Crippen molar-refractivity contribution in [2.75, 3.05) is 32.7 Å². The van der Waals surface area contributed by atoms with Crippen molar-refractivity contribution in [2.24, 2.45) is 5.92 Å². The number of nitrogens with one attached hydrogen (secondary N) is 1. The van der Waals surface area contributed by atoms with Crippen LogP contribution in [0.4, 0.5) is 4.79 Å². The standard InChI is InChI=1S/C15H29N3O3/c1-4-9-18(13-5-7-16-8-6-13)15(21)17(10-12(2)3)11-14(19)20/h12-13,16H,4-11H2,1-3H3,(H,19,20). The van der Waals surface area contributed by atoms with Crippen LogP contribution in [0.2, 0.25) is 0 Å². The minimum absolute atomic E-state index is 0.125. The summed E-state index contributed by atoms with van der Waals surface area (Å²) in [5.41, 5.74) is 0. The first-order chi connectivity index (χ1) is 9.95. The van der Waals surface area contributed by atoms with E-state index in [0.29, 0.717) is 13.1 Å². The molecular formula is C15H29N3O3. The molecule has 2 N–H and O–H groups in total. The van der Waals surface area contributed by atoms with E-state index in [1.54, 1.807) is 0 Å². The van der Waals surface area contributed by atoms with Gasteiger partial charge in [0.1, 0.15) is 6.54 Å². The Balaban J connectivity index is 2.80. The molecule has 2 amide bonds. The number of carboxylic acids is 1. The normalized spacial score (nSPS) is 16.0. The van der Waals surface area contributed by atoms with Gasteiger partial charge < -0.3 is 20.2 Å². The van der Waals surface area contributed by atoms with Crippen LogP contribution in [0.25, 0.3) is 0 Å². The van der Waals surface area contributed by atoms with E-state index in [9.17, 15) is 9.59 Å². The van der Waals surface area contributed by atoms with E-state index in [0.717, 1.165) is 32.4 Å². The van der Waals surface area contributed by atoms with Gasteiger partial charge in [0.25, 0.3) is 0 Å². The third-order valence-electron chi connectivity index (χ3n) is 3.64. The van der Waals surface area contributed by atoms with Crippen LogP contribution in [0.3, 0.4) is 0 Å². The van der Waals surface area contributed by atoms with Crippen molar-refractivity contribution >= 4 is 12.0 Å². The molecule has 122 valence electrons. The van der Waals surface area contributed by atoms with E-state index in [4.69, 9.17) is 5.11 Å². The van der Waals surface area contributed by atoms with Gasteiger partial charge in [0.15, 0.2) is 0 Å². The largest absolute Gasteiger partial charge is 0.480 e. The Hall–Kier alpha value is -1.30. The second-order valence-electron chi connectivity index (χ2n) is 6.13. The van der Waals surface area contributed by atoms with E-state index in [1.807, 2.05) is 25.7 Å². The topological polar surface area (TPSA) is 72.9 Å². The van der Waals surface area contributed by atoms with Crippen LogP contribution in [0.5, 0.6) is 0 Å². The van der Waals surface area contributed by atoms with E-state index in [-0.39, 0.29) is 24.5 Å². The molecule has 0 radical (unpaired) electrons. The first-order valence-electron chi connectivity index (χ1n) is 7.93. The molecule has 6 nitrogen and oxygen atoms in total. The molecule has 0 aromatic heterocycles. The maximum atomic E-state index is 12.8. The van der Waals surface area contributed by atoms with Crippen LogP contribution in [-0.2, 0) is 4.79 Å². The van der Waals surface area contributed by atoms with Crippen LogP contribution < -0.4 is 5.32 Å². The van der Waals surface area contributed by atoms with Crippen molar-refractivity contribution in [2.45, 2.75) is 46.1 Å². The third-order valence-corrected chi connectivity index (χ3v) is 3.64. The molecule has 0 aliphatic carbocycles. The fourth-order valence-electron chi connectivity index (χ4n) is 2.79. The van der Waals surface area contributed by atoms with E-state index >= 15 is 0 Å². The molecule has 1 rings (SSSR count). The first-order valence-corrected chi connectivity index (χ1v) is 7.93. The summed E-state index contributed by atoms with van der Waals surface area (Å²) in [4.78, 5) is 27.2. The van der Waals surface area contributed by atoms with Crippen LogP contribution in [0, 0.1) is 5.92 Å². The van der Waals surface area contributed by atoms with Crippen molar-refractivity contribution in [3.63, 3.8) is 0 Å². The minimum atomic E-state index is -0.953. The predicted octanol–water partition coefficient (Wildman–Crippen LogP) is 1.61. The Bertz CT molecular complexity index is 341. The molecule has 0 bridgehead atoms. The summed E-state index contributed by atoms with van der Waals surface area (Å²) in [5, 5.41) is 12.3. The molecule has 0 atom stereocenters. The maximum Gasteiger partial charge on any atom is 0.323 e. The lowest BCUT2D eigenvalue weighted by Gasteiger charge is -2.38. The monoisotopic (exact) mass is 299 g/mol. The van der Waals surface area contributed by atoms with Gasteiger partial charge in [0.2, 0.25) is 0 Å². The van der Waals surface area contributed by atoms with Crippen molar-refractivity contribution in [3.8, 4) is 0 Å². The summed E-state index contributed by atoms with van der Waals surface area (Å²) in [6.45, 7) is 8.83. The van der Waals surface area contributed by atoms with Crippen LogP contribution in [-0.4, -0.2) is 65.7 Å². The Morgan fingerprint density at radius 3 is 2.38 bits per heavy atom. The zero-order valence-electron chi connectivity index (χ0n) is 13.5. The molecule has 0 aromatic carbocycles. The van der Waals surface area contributed by atoms with E-state index in [1.165, 1.54) is 4.90 Å². The third kappa shape index (κ3) is 5.91. The van der Waals surface area contributed by atoms with Crippen LogP contribution >= 0.6 is 0 Å². The Morgan fingerprint density at radius 2 is 1.90 bits per heavy atom. The number of carbonyl (C=O) groups excluding carboxylic acids is 1. The van der Waals surface area contributed by atoms with Crippen molar-refractivity contribution in [1.82, 2.24) is 15.1 Å². The number of hydrogen-bond donors (Lipinski definition) is 2. The Morgan fingerprint density at radius 1 is 1.29 bits per heavy atom. The van der Waals surface area contributed by atoms with Crippen molar-refractivity contribution in [3.05, 3.63) is 0 Å². The number of aliphatic carboxylic acids is 1. The summed E-state index contributed by atoms with van der Waals surface area (Å²) in [6.07, 6.45) is 2.76. The summed E-state index contributed by atoms with van der Waals surface area (Å²) < 4.78 is 0. The molecule has 0 spiro atoms. The molecular weight excluding hydrogens is 270 g/mol. The summed E-state index contributed by atoms with van der Waals surface area (Å²) in [7, 11) is 0. The van der Waals surface area contributed by atoms with Crippen LogP contribution in [0.15, 0.2) is 0 Å². The zero-order chi connectivity index (χ0) is 15.8. The Labute approximate surface area is 127 Å². The summed E-state index contributed by atoms with van der Waals surface area (Å²) in [6, 6.07) is 0.0991. The zero-order valence-corrected chi connectivity index (χ0v) is 13.5. The lowest BCUT2D eigenvalue weighted by Crippen LogP contribution is -2.53. The summed E-state index contributed by atoms with van der Waals surface area (Å²) in [5.74, 6) is -0.699. The lowest BCUT2D eigenvalue weighted by atomic mass is 10.0. The van der Waals surface area contributed by atoms with Crippen LogP contribution in [0.1, 0.15) is 40.0 Å². The first kappa shape index (κ1) is 17.8. The van der Waals surface area contributed by atoms with Gasteiger partial charge in [-0.3, -0.25) is 4.79 Å². The molecule has 1 fully saturated rings. The van der Waals surface area contributed by atoms with Crippen molar-refractivity contribution in [1.29, 1.82) is 0 Å². The average Bonchev–Trinajstić information content (AvgIpc) is 2.43. The van der Waals surface area contributed by atoms with Gasteiger partial charge in [-0.2, -0.15) is 0 Å². The number of piperidine rings is 1.